The van der Waals surface area contributed by atoms with E-state index in [1.807, 2.05) is 30.3 Å². The summed E-state index contributed by atoms with van der Waals surface area (Å²) in [6.45, 7) is 0.378. The van der Waals surface area contributed by atoms with E-state index in [4.69, 9.17) is 4.74 Å². The van der Waals surface area contributed by atoms with Gasteiger partial charge >= 0.3 is 0 Å². The van der Waals surface area contributed by atoms with Gasteiger partial charge in [0.1, 0.15) is 17.4 Å². The first-order valence-electron chi connectivity index (χ1n) is 6.51. The lowest BCUT2D eigenvalue weighted by Crippen LogP contribution is -2.21. The number of ether oxygens (including phenoxy) is 1. The molecule has 1 unspecified atom stereocenters. The summed E-state index contributed by atoms with van der Waals surface area (Å²) in [6.07, 6.45) is 0.475. The normalized spacial score (nSPS) is 12.2. The van der Waals surface area contributed by atoms with Gasteiger partial charge in [-0.1, -0.05) is 24.3 Å². The lowest BCUT2D eigenvalue weighted by atomic mass is 10.0. The van der Waals surface area contributed by atoms with Crippen molar-refractivity contribution in [3.8, 4) is 5.75 Å². The largest absolute Gasteiger partial charge is 0.494 e. The molecule has 0 saturated heterocycles. The second-order valence-corrected chi connectivity index (χ2v) is 4.43. The van der Waals surface area contributed by atoms with Crippen molar-refractivity contribution < 1.29 is 13.5 Å². The van der Waals surface area contributed by atoms with Gasteiger partial charge in [0.25, 0.3) is 0 Å². The van der Waals surface area contributed by atoms with Crippen LogP contribution in [0.4, 0.5) is 8.78 Å². The standard InChI is InChI=1S/C16H17F2NO/c1-19-15(16-13(17)8-5-9-14(16)18)10-11-20-12-6-3-2-4-7-12/h2-9,15,19H,10-11H2,1H3. The molecule has 0 fully saturated rings. The Kier molecular flexibility index (Phi) is 5.07. The zero-order valence-electron chi connectivity index (χ0n) is 11.3. The van der Waals surface area contributed by atoms with Crippen molar-refractivity contribution in [1.29, 1.82) is 0 Å². The van der Waals surface area contributed by atoms with Gasteiger partial charge in [0.2, 0.25) is 0 Å². The van der Waals surface area contributed by atoms with E-state index >= 15 is 0 Å². The van der Waals surface area contributed by atoms with Crippen molar-refractivity contribution in [3.63, 3.8) is 0 Å². The molecule has 0 radical (unpaired) electrons. The van der Waals surface area contributed by atoms with E-state index in [0.717, 1.165) is 5.75 Å². The maximum Gasteiger partial charge on any atom is 0.130 e. The summed E-state index contributed by atoms with van der Waals surface area (Å²) in [4.78, 5) is 0. The third-order valence-corrected chi connectivity index (χ3v) is 3.12. The summed E-state index contributed by atoms with van der Waals surface area (Å²) < 4.78 is 33.0. The van der Waals surface area contributed by atoms with Crippen molar-refractivity contribution >= 4 is 0 Å². The fraction of sp³-hybridized carbons (Fsp3) is 0.250. The zero-order chi connectivity index (χ0) is 14.4. The van der Waals surface area contributed by atoms with Crippen LogP contribution in [0.25, 0.3) is 0 Å². The molecule has 0 bridgehead atoms. The topological polar surface area (TPSA) is 21.3 Å². The Hall–Kier alpha value is -1.94. The highest BCUT2D eigenvalue weighted by Gasteiger charge is 2.18. The molecule has 4 heteroatoms. The number of halogens is 2. The zero-order valence-corrected chi connectivity index (χ0v) is 11.3. The van der Waals surface area contributed by atoms with E-state index in [0.29, 0.717) is 13.0 Å². The quantitative estimate of drug-likeness (QED) is 0.869. The first kappa shape index (κ1) is 14.5. The molecule has 0 amide bonds. The molecule has 0 heterocycles. The molecule has 2 rings (SSSR count). The average molecular weight is 277 g/mol. The van der Waals surface area contributed by atoms with E-state index < -0.39 is 17.7 Å². The highest BCUT2D eigenvalue weighted by atomic mass is 19.1. The van der Waals surface area contributed by atoms with Crippen LogP contribution in [0.1, 0.15) is 18.0 Å². The number of hydrogen-bond acceptors (Lipinski definition) is 2. The molecule has 106 valence electrons. The van der Waals surface area contributed by atoms with Crippen LogP contribution in [0, 0.1) is 11.6 Å². The summed E-state index contributed by atoms with van der Waals surface area (Å²) in [6, 6.07) is 12.8. The van der Waals surface area contributed by atoms with E-state index in [2.05, 4.69) is 5.32 Å². The van der Waals surface area contributed by atoms with Crippen LogP contribution in [-0.2, 0) is 0 Å². The van der Waals surface area contributed by atoms with E-state index in [1.165, 1.54) is 18.2 Å². The van der Waals surface area contributed by atoms with Gasteiger partial charge in [-0.2, -0.15) is 0 Å². The van der Waals surface area contributed by atoms with Gasteiger partial charge in [-0.3, -0.25) is 0 Å². The van der Waals surface area contributed by atoms with Gasteiger partial charge in [-0.05, 0) is 31.3 Å². The van der Waals surface area contributed by atoms with Crippen molar-refractivity contribution in [3.05, 3.63) is 65.7 Å². The molecule has 0 aromatic heterocycles. The summed E-state index contributed by atoms with van der Waals surface area (Å²) in [5, 5.41) is 2.93. The monoisotopic (exact) mass is 277 g/mol. The molecule has 1 N–H and O–H groups in total. The minimum Gasteiger partial charge on any atom is -0.494 e. The fourth-order valence-electron chi connectivity index (χ4n) is 2.09. The van der Waals surface area contributed by atoms with Gasteiger partial charge in [0.05, 0.1) is 6.61 Å². The van der Waals surface area contributed by atoms with E-state index in [9.17, 15) is 8.78 Å². The summed E-state index contributed by atoms with van der Waals surface area (Å²) >= 11 is 0. The molecule has 1 atom stereocenters. The highest BCUT2D eigenvalue weighted by molar-refractivity contribution is 5.24. The molecule has 0 aliphatic rings. The molecule has 2 nitrogen and oxygen atoms in total. The Morgan fingerprint density at radius 1 is 1.00 bits per heavy atom. The number of hydrogen-bond donors (Lipinski definition) is 1. The highest BCUT2D eigenvalue weighted by Crippen LogP contribution is 2.23. The smallest absolute Gasteiger partial charge is 0.130 e. The second kappa shape index (κ2) is 7.01. The molecule has 0 aliphatic carbocycles. The van der Waals surface area contributed by atoms with Gasteiger partial charge in [0, 0.05) is 18.0 Å². The minimum atomic E-state index is -0.538. The molecular formula is C16H17F2NO. The Labute approximate surface area is 117 Å². The molecule has 0 aliphatic heterocycles. The predicted molar refractivity (Wildman–Crippen MR) is 74.7 cm³/mol. The summed E-state index contributed by atoms with van der Waals surface area (Å²) in [5.41, 5.74) is 0.0617. The SMILES string of the molecule is CNC(CCOc1ccccc1)c1c(F)cccc1F. The van der Waals surface area contributed by atoms with Crippen LogP contribution in [0.3, 0.4) is 0 Å². The van der Waals surface area contributed by atoms with Crippen molar-refractivity contribution in [2.75, 3.05) is 13.7 Å². The maximum absolute atomic E-state index is 13.7. The maximum atomic E-state index is 13.7. The molecular weight excluding hydrogens is 260 g/mol. The lowest BCUT2D eigenvalue weighted by molar-refractivity contribution is 0.286. The molecule has 0 saturated carbocycles. The summed E-state index contributed by atoms with van der Waals surface area (Å²) in [5.74, 6) is -0.329. The van der Waals surface area contributed by atoms with Crippen LogP contribution < -0.4 is 10.1 Å². The van der Waals surface area contributed by atoms with Crippen LogP contribution in [0.2, 0.25) is 0 Å². The van der Waals surface area contributed by atoms with Crippen molar-refractivity contribution in [1.82, 2.24) is 5.32 Å². The third kappa shape index (κ3) is 3.54. The van der Waals surface area contributed by atoms with Crippen LogP contribution in [0.5, 0.6) is 5.75 Å². The van der Waals surface area contributed by atoms with Crippen LogP contribution in [0.15, 0.2) is 48.5 Å². The van der Waals surface area contributed by atoms with Gasteiger partial charge in [-0.25, -0.2) is 8.78 Å². The average Bonchev–Trinajstić information content (AvgIpc) is 2.46. The van der Waals surface area contributed by atoms with Crippen molar-refractivity contribution in [2.45, 2.75) is 12.5 Å². The molecule has 2 aromatic carbocycles. The lowest BCUT2D eigenvalue weighted by Gasteiger charge is -2.18. The van der Waals surface area contributed by atoms with Gasteiger partial charge in [0.15, 0.2) is 0 Å². The Bertz CT molecular complexity index is 525. The van der Waals surface area contributed by atoms with Crippen LogP contribution in [-0.4, -0.2) is 13.7 Å². The Morgan fingerprint density at radius 3 is 2.25 bits per heavy atom. The third-order valence-electron chi connectivity index (χ3n) is 3.12. The van der Waals surface area contributed by atoms with Gasteiger partial charge < -0.3 is 10.1 Å². The first-order chi connectivity index (χ1) is 9.72. The Morgan fingerprint density at radius 2 is 1.65 bits per heavy atom. The fourth-order valence-corrected chi connectivity index (χ4v) is 2.09. The number of rotatable bonds is 6. The predicted octanol–water partition coefficient (Wildman–Crippen LogP) is 3.69. The van der Waals surface area contributed by atoms with E-state index in [-0.39, 0.29) is 5.56 Å². The number of para-hydroxylation sites is 1. The van der Waals surface area contributed by atoms with E-state index in [1.54, 1.807) is 7.05 Å². The number of nitrogens with one attached hydrogen (secondary N) is 1. The van der Waals surface area contributed by atoms with Crippen molar-refractivity contribution in [2.24, 2.45) is 0 Å². The molecule has 20 heavy (non-hydrogen) atoms. The summed E-state index contributed by atoms with van der Waals surface area (Å²) in [7, 11) is 1.68. The Balaban J connectivity index is 1.99. The molecule has 0 spiro atoms. The molecule has 2 aromatic rings. The van der Waals surface area contributed by atoms with Gasteiger partial charge in [-0.15, -0.1) is 0 Å². The minimum absolute atomic E-state index is 0.0617. The number of benzene rings is 2. The van der Waals surface area contributed by atoms with Crippen LogP contribution >= 0.6 is 0 Å². The first-order valence-corrected chi connectivity index (χ1v) is 6.51. The second-order valence-electron chi connectivity index (χ2n) is 4.43.